The van der Waals surface area contributed by atoms with Gasteiger partial charge in [0.15, 0.2) is 11.9 Å². The Morgan fingerprint density at radius 2 is 1.27 bits per heavy atom. The van der Waals surface area contributed by atoms with Crippen LogP contribution in [0.5, 0.6) is 5.75 Å². The number of esters is 1. The van der Waals surface area contributed by atoms with Crippen molar-refractivity contribution in [2.24, 2.45) is 0 Å². The fraction of sp³-hybridized carbons (Fsp3) is 0.517. The molecule has 2 aromatic carbocycles. The maximum atomic E-state index is 12.4. The van der Waals surface area contributed by atoms with Crippen LogP contribution in [-0.4, -0.2) is 24.5 Å². The van der Waals surface area contributed by atoms with Gasteiger partial charge in [-0.1, -0.05) is 83.1 Å². The third-order valence-corrected chi connectivity index (χ3v) is 5.84. The van der Waals surface area contributed by atoms with Gasteiger partial charge in [-0.15, -0.1) is 0 Å². The second-order valence-electron chi connectivity index (χ2n) is 8.69. The molecule has 4 heteroatoms. The topological polar surface area (TPSA) is 52.6 Å². The van der Waals surface area contributed by atoms with E-state index < -0.39 is 12.1 Å². The van der Waals surface area contributed by atoms with E-state index in [-0.39, 0.29) is 5.78 Å². The first-order valence-corrected chi connectivity index (χ1v) is 12.6. The Morgan fingerprint density at radius 1 is 0.727 bits per heavy atom. The van der Waals surface area contributed by atoms with E-state index in [4.69, 9.17) is 9.47 Å². The van der Waals surface area contributed by atoms with E-state index in [1.165, 1.54) is 32.1 Å². The number of ether oxygens (including phenoxy) is 2. The van der Waals surface area contributed by atoms with Crippen molar-refractivity contribution in [3.8, 4) is 16.9 Å². The highest BCUT2D eigenvalue weighted by atomic mass is 16.5. The van der Waals surface area contributed by atoms with E-state index >= 15 is 0 Å². The molecule has 0 saturated carbocycles. The van der Waals surface area contributed by atoms with Crippen LogP contribution in [0.4, 0.5) is 0 Å². The number of rotatable bonds is 16. The Morgan fingerprint density at radius 3 is 1.91 bits per heavy atom. The lowest BCUT2D eigenvalue weighted by Crippen LogP contribution is -2.24. The second-order valence-corrected chi connectivity index (χ2v) is 8.69. The molecule has 0 fully saturated rings. The quantitative estimate of drug-likeness (QED) is 0.193. The molecule has 1 atom stereocenters. The number of carbonyl (C=O) groups excluding carboxylic acids is 2. The Kier molecular flexibility index (Phi) is 12.3. The molecular formula is C29H40O4. The molecule has 180 valence electrons. The third kappa shape index (κ3) is 9.81. The summed E-state index contributed by atoms with van der Waals surface area (Å²) >= 11 is 0. The summed E-state index contributed by atoms with van der Waals surface area (Å²) in [6.07, 6.45) is 10.2. The van der Waals surface area contributed by atoms with E-state index in [0.29, 0.717) is 12.0 Å². The zero-order valence-corrected chi connectivity index (χ0v) is 20.6. The van der Waals surface area contributed by atoms with Crippen molar-refractivity contribution in [2.75, 3.05) is 6.61 Å². The molecule has 0 saturated heterocycles. The van der Waals surface area contributed by atoms with Gasteiger partial charge in [0, 0.05) is 6.42 Å². The standard InChI is InChI=1S/C29H40O4/c1-4-6-8-9-10-12-22-32-27-20-18-25(19-21-27)24-14-16-26(17-15-24)29(31)33-23(3)28(30)13-11-7-5-2/h14-21,23H,4-13,22H2,1-3H3. The highest BCUT2D eigenvalue weighted by Gasteiger charge is 2.18. The van der Waals surface area contributed by atoms with Gasteiger partial charge in [-0.3, -0.25) is 4.79 Å². The average Bonchev–Trinajstić information content (AvgIpc) is 2.84. The summed E-state index contributed by atoms with van der Waals surface area (Å²) in [6, 6.07) is 15.3. The Balaban J connectivity index is 1.80. The molecule has 0 aliphatic heterocycles. The molecule has 0 radical (unpaired) electrons. The molecule has 0 N–H and O–H groups in total. The molecule has 2 rings (SSSR count). The summed E-state index contributed by atoms with van der Waals surface area (Å²) in [5.74, 6) is 0.397. The Bertz CT molecular complexity index is 824. The van der Waals surface area contributed by atoms with Crippen molar-refractivity contribution >= 4 is 11.8 Å². The first-order chi connectivity index (χ1) is 16.0. The van der Waals surface area contributed by atoms with Gasteiger partial charge in [0.1, 0.15) is 5.75 Å². The molecular weight excluding hydrogens is 412 g/mol. The predicted molar refractivity (Wildman–Crippen MR) is 135 cm³/mol. The van der Waals surface area contributed by atoms with Crippen LogP contribution in [-0.2, 0) is 9.53 Å². The minimum Gasteiger partial charge on any atom is -0.494 e. The lowest BCUT2D eigenvalue weighted by Gasteiger charge is -2.12. The van der Waals surface area contributed by atoms with E-state index in [9.17, 15) is 9.59 Å². The maximum Gasteiger partial charge on any atom is 0.338 e. The van der Waals surface area contributed by atoms with E-state index in [1.807, 2.05) is 36.4 Å². The maximum absolute atomic E-state index is 12.4. The largest absolute Gasteiger partial charge is 0.494 e. The number of ketones is 1. The van der Waals surface area contributed by atoms with Crippen molar-refractivity contribution in [2.45, 2.75) is 91.1 Å². The van der Waals surface area contributed by atoms with Crippen LogP contribution in [0.1, 0.15) is 95.3 Å². The van der Waals surface area contributed by atoms with Gasteiger partial charge in [-0.05, 0) is 55.2 Å². The fourth-order valence-corrected chi connectivity index (χ4v) is 3.66. The number of Topliss-reactive ketones (excluding diaryl/α,β-unsaturated/α-hetero) is 1. The van der Waals surface area contributed by atoms with E-state index in [1.54, 1.807) is 19.1 Å². The van der Waals surface area contributed by atoms with Crippen LogP contribution >= 0.6 is 0 Å². The second kappa shape index (κ2) is 15.3. The normalized spacial score (nSPS) is 11.7. The van der Waals surface area contributed by atoms with Crippen molar-refractivity contribution in [3.63, 3.8) is 0 Å². The van der Waals surface area contributed by atoms with Gasteiger partial charge in [0.05, 0.1) is 12.2 Å². The molecule has 0 aliphatic rings. The lowest BCUT2D eigenvalue weighted by molar-refractivity contribution is -0.127. The molecule has 33 heavy (non-hydrogen) atoms. The van der Waals surface area contributed by atoms with Gasteiger partial charge in [0.2, 0.25) is 0 Å². The number of benzene rings is 2. The van der Waals surface area contributed by atoms with Crippen molar-refractivity contribution in [1.29, 1.82) is 0 Å². The highest BCUT2D eigenvalue weighted by Crippen LogP contribution is 2.23. The van der Waals surface area contributed by atoms with Crippen molar-refractivity contribution < 1.29 is 19.1 Å². The van der Waals surface area contributed by atoms with Crippen LogP contribution in [0.3, 0.4) is 0 Å². The lowest BCUT2D eigenvalue weighted by atomic mass is 10.0. The summed E-state index contributed by atoms with van der Waals surface area (Å²) in [5, 5.41) is 0. The molecule has 0 spiro atoms. The molecule has 0 amide bonds. The highest BCUT2D eigenvalue weighted by molar-refractivity contribution is 5.93. The van der Waals surface area contributed by atoms with Crippen LogP contribution < -0.4 is 4.74 Å². The van der Waals surface area contributed by atoms with Crippen LogP contribution in [0, 0.1) is 0 Å². The SMILES string of the molecule is CCCCCCCCOc1ccc(-c2ccc(C(=O)OC(C)C(=O)CCCCC)cc2)cc1. The number of unbranched alkanes of at least 4 members (excludes halogenated alkanes) is 7. The summed E-state index contributed by atoms with van der Waals surface area (Å²) in [4.78, 5) is 24.5. The van der Waals surface area contributed by atoms with E-state index in [0.717, 1.165) is 49.2 Å². The smallest absolute Gasteiger partial charge is 0.338 e. The van der Waals surface area contributed by atoms with Gasteiger partial charge in [-0.2, -0.15) is 0 Å². The van der Waals surface area contributed by atoms with Gasteiger partial charge < -0.3 is 9.47 Å². The van der Waals surface area contributed by atoms with Gasteiger partial charge in [-0.25, -0.2) is 4.79 Å². The molecule has 0 aromatic heterocycles. The number of hydrogen-bond acceptors (Lipinski definition) is 4. The monoisotopic (exact) mass is 452 g/mol. The Labute approximate surface area is 199 Å². The average molecular weight is 453 g/mol. The summed E-state index contributed by atoms with van der Waals surface area (Å²) < 4.78 is 11.2. The first kappa shape index (κ1) is 26.6. The van der Waals surface area contributed by atoms with Crippen LogP contribution in [0.25, 0.3) is 11.1 Å². The van der Waals surface area contributed by atoms with Crippen molar-refractivity contribution in [3.05, 3.63) is 54.1 Å². The predicted octanol–water partition coefficient (Wildman–Crippen LogP) is 7.79. The number of carbonyl (C=O) groups is 2. The van der Waals surface area contributed by atoms with Crippen molar-refractivity contribution in [1.82, 2.24) is 0 Å². The van der Waals surface area contributed by atoms with Crippen LogP contribution in [0.15, 0.2) is 48.5 Å². The minimum absolute atomic E-state index is 0.0211. The zero-order valence-electron chi connectivity index (χ0n) is 20.6. The first-order valence-electron chi connectivity index (χ1n) is 12.6. The van der Waals surface area contributed by atoms with Crippen LogP contribution in [0.2, 0.25) is 0 Å². The van der Waals surface area contributed by atoms with Gasteiger partial charge >= 0.3 is 5.97 Å². The summed E-state index contributed by atoms with van der Waals surface area (Å²) in [7, 11) is 0. The summed E-state index contributed by atoms with van der Waals surface area (Å²) in [6.45, 7) is 6.73. The molecule has 0 bridgehead atoms. The minimum atomic E-state index is -0.710. The number of hydrogen-bond donors (Lipinski definition) is 0. The Hall–Kier alpha value is -2.62. The van der Waals surface area contributed by atoms with Gasteiger partial charge in [0.25, 0.3) is 0 Å². The molecule has 0 heterocycles. The zero-order chi connectivity index (χ0) is 23.9. The molecule has 0 aliphatic carbocycles. The fourth-order valence-electron chi connectivity index (χ4n) is 3.66. The molecule has 1 unspecified atom stereocenters. The third-order valence-electron chi connectivity index (χ3n) is 5.84. The molecule has 2 aromatic rings. The summed E-state index contributed by atoms with van der Waals surface area (Å²) in [5.41, 5.74) is 2.52. The van der Waals surface area contributed by atoms with E-state index in [2.05, 4.69) is 13.8 Å². The molecule has 4 nitrogen and oxygen atoms in total.